The number of aromatic nitrogens is 2. The molecule has 0 aliphatic heterocycles. The van der Waals surface area contributed by atoms with E-state index in [1.807, 2.05) is 13.1 Å². The molecule has 3 nitrogen and oxygen atoms in total. The van der Waals surface area contributed by atoms with E-state index in [9.17, 15) is 0 Å². The topological polar surface area (TPSA) is 37.8 Å². The van der Waals surface area contributed by atoms with E-state index in [0.29, 0.717) is 5.92 Å². The second kappa shape index (κ2) is 5.39. The van der Waals surface area contributed by atoms with Gasteiger partial charge in [0.15, 0.2) is 5.82 Å². The van der Waals surface area contributed by atoms with Crippen LogP contribution in [0.15, 0.2) is 24.3 Å². The Hall–Kier alpha value is -1.90. The number of hydrogen-bond acceptors (Lipinski definition) is 3. The summed E-state index contributed by atoms with van der Waals surface area (Å²) in [6.07, 6.45) is 0. The Morgan fingerprint density at radius 2 is 1.68 bits per heavy atom. The van der Waals surface area contributed by atoms with E-state index in [2.05, 4.69) is 56.2 Å². The number of nitrogens with zero attached hydrogens (tertiary/aromatic N) is 2. The number of rotatable bonds is 3. The van der Waals surface area contributed by atoms with Crippen LogP contribution in [0, 0.1) is 13.8 Å². The maximum atomic E-state index is 4.72. The maximum Gasteiger partial charge on any atom is 0.162 e. The van der Waals surface area contributed by atoms with E-state index in [1.54, 1.807) is 0 Å². The van der Waals surface area contributed by atoms with E-state index >= 15 is 0 Å². The summed E-state index contributed by atoms with van der Waals surface area (Å²) in [7, 11) is 1.89. The zero-order valence-electron chi connectivity index (χ0n) is 12.3. The molecule has 0 saturated carbocycles. The van der Waals surface area contributed by atoms with Crippen LogP contribution in [0.4, 0.5) is 5.82 Å². The average molecular weight is 255 g/mol. The van der Waals surface area contributed by atoms with Crippen molar-refractivity contribution in [3.63, 3.8) is 0 Å². The van der Waals surface area contributed by atoms with Crippen molar-refractivity contribution in [2.24, 2.45) is 0 Å². The minimum Gasteiger partial charge on any atom is -0.373 e. The average Bonchev–Trinajstić information content (AvgIpc) is 2.38. The molecule has 0 amide bonds. The lowest BCUT2D eigenvalue weighted by Gasteiger charge is -2.13. The number of aryl methyl sites for hydroxylation is 2. The Bertz CT molecular complexity index is 568. The molecule has 1 N–H and O–H groups in total. The molecular formula is C16H21N3. The molecule has 0 fully saturated rings. The van der Waals surface area contributed by atoms with Crippen LogP contribution in [-0.4, -0.2) is 17.0 Å². The van der Waals surface area contributed by atoms with Crippen LogP contribution >= 0.6 is 0 Å². The highest BCUT2D eigenvalue weighted by Gasteiger charge is 2.12. The molecule has 19 heavy (non-hydrogen) atoms. The number of benzene rings is 1. The highest BCUT2D eigenvalue weighted by molar-refractivity contribution is 5.65. The standard InChI is InChI=1S/C16H21N3/c1-10(2)13-9-14(17-5)19-16(18-13)15-11(3)7-6-8-12(15)4/h6-10H,1-5H3,(H,17,18,19). The Balaban J connectivity index is 2.64. The predicted octanol–water partition coefficient (Wildman–Crippen LogP) is 3.93. The molecule has 1 aromatic carbocycles. The van der Waals surface area contributed by atoms with E-state index in [0.717, 1.165) is 22.9 Å². The van der Waals surface area contributed by atoms with Gasteiger partial charge in [-0.2, -0.15) is 0 Å². The summed E-state index contributed by atoms with van der Waals surface area (Å²) < 4.78 is 0. The van der Waals surface area contributed by atoms with Gasteiger partial charge in [-0.05, 0) is 30.9 Å². The van der Waals surface area contributed by atoms with Gasteiger partial charge in [-0.25, -0.2) is 9.97 Å². The molecule has 1 heterocycles. The summed E-state index contributed by atoms with van der Waals surface area (Å²) in [5, 5.41) is 3.12. The molecule has 0 atom stereocenters. The summed E-state index contributed by atoms with van der Waals surface area (Å²) in [5.74, 6) is 2.07. The van der Waals surface area contributed by atoms with Gasteiger partial charge in [-0.1, -0.05) is 32.0 Å². The zero-order chi connectivity index (χ0) is 14.0. The van der Waals surface area contributed by atoms with Crippen LogP contribution in [0.25, 0.3) is 11.4 Å². The molecule has 0 radical (unpaired) electrons. The first kappa shape index (κ1) is 13.5. The molecule has 2 rings (SSSR count). The first-order chi connectivity index (χ1) is 9.02. The fraction of sp³-hybridized carbons (Fsp3) is 0.375. The monoisotopic (exact) mass is 255 g/mol. The zero-order valence-corrected chi connectivity index (χ0v) is 12.3. The van der Waals surface area contributed by atoms with Crippen LogP contribution in [0.1, 0.15) is 36.6 Å². The molecule has 0 saturated heterocycles. The molecule has 3 heteroatoms. The van der Waals surface area contributed by atoms with Crippen LogP contribution in [-0.2, 0) is 0 Å². The van der Waals surface area contributed by atoms with Crippen molar-refractivity contribution >= 4 is 5.82 Å². The summed E-state index contributed by atoms with van der Waals surface area (Å²) in [6, 6.07) is 8.29. The normalized spacial score (nSPS) is 10.8. The van der Waals surface area contributed by atoms with Gasteiger partial charge in [-0.15, -0.1) is 0 Å². The highest BCUT2D eigenvalue weighted by Crippen LogP contribution is 2.27. The van der Waals surface area contributed by atoms with E-state index < -0.39 is 0 Å². The van der Waals surface area contributed by atoms with E-state index in [-0.39, 0.29) is 0 Å². The Kier molecular flexibility index (Phi) is 3.84. The summed E-state index contributed by atoms with van der Waals surface area (Å²) in [6.45, 7) is 8.51. The molecule has 0 aliphatic rings. The van der Waals surface area contributed by atoms with Crippen molar-refractivity contribution < 1.29 is 0 Å². The third-order valence-electron chi connectivity index (χ3n) is 3.30. The molecule has 0 aliphatic carbocycles. The smallest absolute Gasteiger partial charge is 0.162 e. The predicted molar refractivity (Wildman–Crippen MR) is 80.6 cm³/mol. The number of anilines is 1. The SMILES string of the molecule is CNc1cc(C(C)C)nc(-c2c(C)cccc2C)n1. The lowest BCUT2D eigenvalue weighted by Crippen LogP contribution is -2.03. The molecule has 0 unspecified atom stereocenters. The molecule has 0 spiro atoms. The quantitative estimate of drug-likeness (QED) is 0.903. The van der Waals surface area contributed by atoms with Crippen LogP contribution in [0.2, 0.25) is 0 Å². The van der Waals surface area contributed by atoms with Crippen molar-refractivity contribution in [3.05, 3.63) is 41.1 Å². The molecular weight excluding hydrogens is 234 g/mol. The van der Waals surface area contributed by atoms with Crippen molar-refractivity contribution in [3.8, 4) is 11.4 Å². The van der Waals surface area contributed by atoms with Gasteiger partial charge in [0.1, 0.15) is 5.82 Å². The minimum absolute atomic E-state index is 0.387. The first-order valence-electron chi connectivity index (χ1n) is 6.66. The fourth-order valence-electron chi connectivity index (χ4n) is 2.17. The van der Waals surface area contributed by atoms with Crippen molar-refractivity contribution in [2.75, 3.05) is 12.4 Å². The molecule has 2 aromatic rings. The van der Waals surface area contributed by atoms with Crippen LogP contribution < -0.4 is 5.32 Å². The molecule has 0 bridgehead atoms. The fourth-order valence-corrected chi connectivity index (χ4v) is 2.17. The highest BCUT2D eigenvalue weighted by atomic mass is 15.0. The van der Waals surface area contributed by atoms with Gasteiger partial charge < -0.3 is 5.32 Å². The number of hydrogen-bond donors (Lipinski definition) is 1. The lowest BCUT2D eigenvalue weighted by atomic mass is 10.0. The van der Waals surface area contributed by atoms with Gasteiger partial charge >= 0.3 is 0 Å². The second-order valence-electron chi connectivity index (χ2n) is 5.17. The minimum atomic E-state index is 0.387. The maximum absolute atomic E-state index is 4.72. The summed E-state index contributed by atoms with van der Waals surface area (Å²) >= 11 is 0. The largest absolute Gasteiger partial charge is 0.373 e. The van der Waals surface area contributed by atoms with E-state index in [1.165, 1.54) is 11.1 Å². The van der Waals surface area contributed by atoms with Gasteiger partial charge in [0.05, 0.1) is 0 Å². The second-order valence-corrected chi connectivity index (χ2v) is 5.17. The van der Waals surface area contributed by atoms with Gasteiger partial charge in [-0.3, -0.25) is 0 Å². The first-order valence-corrected chi connectivity index (χ1v) is 6.66. The summed E-state index contributed by atoms with van der Waals surface area (Å²) in [4.78, 5) is 9.33. The van der Waals surface area contributed by atoms with Gasteiger partial charge in [0, 0.05) is 24.4 Å². The van der Waals surface area contributed by atoms with Crippen LogP contribution in [0.3, 0.4) is 0 Å². The Labute approximate surface area is 115 Å². The van der Waals surface area contributed by atoms with Crippen molar-refractivity contribution in [2.45, 2.75) is 33.6 Å². The van der Waals surface area contributed by atoms with Gasteiger partial charge in [0.2, 0.25) is 0 Å². The Morgan fingerprint density at radius 1 is 1.05 bits per heavy atom. The lowest BCUT2D eigenvalue weighted by molar-refractivity contribution is 0.817. The van der Waals surface area contributed by atoms with Crippen molar-refractivity contribution in [1.82, 2.24) is 9.97 Å². The molecule has 100 valence electrons. The molecule has 1 aromatic heterocycles. The van der Waals surface area contributed by atoms with Gasteiger partial charge in [0.25, 0.3) is 0 Å². The number of nitrogens with one attached hydrogen (secondary N) is 1. The summed E-state index contributed by atoms with van der Waals surface area (Å²) in [5.41, 5.74) is 4.63. The third-order valence-corrected chi connectivity index (χ3v) is 3.30. The van der Waals surface area contributed by atoms with Crippen LogP contribution in [0.5, 0.6) is 0 Å². The van der Waals surface area contributed by atoms with Crippen molar-refractivity contribution in [1.29, 1.82) is 0 Å². The third kappa shape index (κ3) is 2.75. The van der Waals surface area contributed by atoms with E-state index in [4.69, 9.17) is 4.98 Å². The Morgan fingerprint density at radius 3 is 2.21 bits per heavy atom.